The minimum absolute atomic E-state index is 0.214. The number of likely N-dealkylation sites (tertiary alicyclic amines) is 1. The highest BCUT2D eigenvalue weighted by atomic mass is 16.2. The highest BCUT2D eigenvalue weighted by Gasteiger charge is 2.24. The van der Waals surface area contributed by atoms with Crippen LogP contribution in [0.25, 0.3) is 0 Å². The zero-order valence-electron chi connectivity index (χ0n) is 10.4. The van der Waals surface area contributed by atoms with Crippen LogP contribution in [0.1, 0.15) is 30.4 Å². The van der Waals surface area contributed by atoms with Crippen molar-refractivity contribution in [3.63, 3.8) is 0 Å². The van der Waals surface area contributed by atoms with Crippen molar-refractivity contribution in [3.8, 4) is 0 Å². The van der Waals surface area contributed by atoms with Crippen LogP contribution in [0.3, 0.4) is 0 Å². The molecule has 0 aromatic heterocycles. The van der Waals surface area contributed by atoms with Crippen molar-refractivity contribution in [1.82, 2.24) is 0 Å². The Labute approximate surface area is 105 Å². The number of benzene rings is 1. The maximum absolute atomic E-state index is 8.95. The molecule has 1 saturated heterocycles. The first-order chi connectivity index (χ1) is 8.22. The Morgan fingerprint density at radius 3 is 2.53 bits per heavy atom. The molecule has 0 aliphatic carbocycles. The monoisotopic (exact) mass is 230 g/mol. The lowest BCUT2D eigenvalue weighted by atomic mass is 9.98. The molecule has 3 heteroatoms. The molecule has 2 nitrogen and oxygen atoms in total. The van der Waals surface area contributed by atoms with E-state index in [1.54, 1.807) is 0 Å². The zero-order chi connectivity index (χ0) is 12.1. The summed E-state index contributed by atoms with van der Waals surface area (Å²) in [5.74, 6) is 0. The molecule has 0 unspecified atom stereocenters. The predicted octanol–water partition coefficient (Wildman–Crippen LogP) is 1.81. The van der Waals surface area contributed by atoms with Crippen LogP contribution in [0.5, 0.6) is 0 Å². The number of nitrogens with zero attached hydrogens (tertiary/aromatic N) is 1. The van der Waals surface area contributed by atoms with Crippen LogP contribution < -0.4 is 0 Å². The Morgan fingerprint density at radius 2 is 1.82 bits per heavy atom. The van der Waals surface area contributed by atoms with Crippen molar-refractivity contribution in [2.24, 2.45) is 0 Å². The second-order valence-electron chi connectivity index (χ2n) is 5.18. The normalized spacial score (nSPS) is 19.1. The molecule has 1 heterocycles. The molecule has 90 valence electrons. The first-order valence-electron chi connectivity index (χ1n) is 6.55. The number of aliphatic hydroxyl groups is 1. The van der Waals surface area contributed by atoms with Crippen molar-refractivity contribution in [3.05, 3.63) is 35.4 Å². The minimum atomic E-state index is 0.214. The van der Waals surface area contributed by atoms with Crippen LogP contribution in [0, 0.1) is 0 Å². The highest BCUT2D eigenvalue weighted by molar-refractivity contribution is 5.97. The van der Waals surface area contributed by atoms with Gasteiger partial charge in [-0.2, -0.15) is 0 Å². The van der Waals surface area contributed by atoms with E-state index in [1.807, 2.05) is 0 Å². The van der Waals surface area contributed by atoms with Crippen molar-refractivity contribution in [1.29, 1.82) is 0 Å². The number of piperidine rings is 1. The number of rotatable bonds is 4. The number of quaternary nitrogens is 1. The van der Waals surface area contributed by atoms with Gasteiger partial charge in [-0.15, -0.1) is 0 Å². The molecule has 0 amide bonds. The summed E-state index contributed by atoms with van der Waals surface area (Å²) in [6.45, 7) is 3.31. The molecule has 0 bridgehead atoms. The van der Waals surface area contributed by atoms with Gasteiger partial charge >= 0.3 is 7.98 Å². The summed E-state index contributed by atoms with van der Waals surface area (Å²) in [6, 6.07) is 8.45. The summed E-state index contributed by atoms with van der Waals surface area (Å²) in [5.41, 5.74) is 2.49. The van der Waals surface area contributed by atoms with Crippen molar-refractivity contribution in [2.45, 2.75) is 32.2 Å². The second-order valence-corrected chi connectivity index (χ2v) is 5.18. The summed E-state index contributed by atoms with van der Waals surface area (Å²) < 4.78 is 0.683. The first-order valence-corrected chi connectivity index (χ1v) is 6.55. The fourth-order valence-corrected chi connectivity index (χ4v) is 2.68. The van der Waals surface area contributed by atoms with E-state index in [1.165, 1.54) is 30.4 Å². The Kier molecular flexibility index (Phi) is 4.24. The van der Waals surface area contributed by atoms with E-state index in [9.17, 15) is 0 Å². The molecule has 2 radical (unpaired) electrons. The molecule has 0 atom stereocenters. The number of hydrogen-bond acceptors (Lipinski definition) is 1. The van der Waals surface area contributed by atoms with Gasteiger partial charge in [-0.05, 0) is 31.2 Å². The quantitative estimate of drug-likeness (QED) is 0.782. The van der Waals surface area contributed by atoms with E-state index in [0.29, 0.717) is 4.39 Å². The lowest BCUT2D eigenvalue weighted by molar-refractivity contribution is -0.836. The van der Waals surface area contributed by atoms with E-state index in [4.69, 9.17) is 13.1 Å². The van der Waals surface area contributed by atoms with Gasteiger partial charge in [-0.3, -0.25) is 0 Å². The first kappa shape index (κ1) is 12.7. The van der Waals surface area contributed by atoms with Crippen LogP contribution >= 0.6 is 0 Å². The molecule has 2 rings (SSSR count). The summed E-state index contributed by atoms with van der Waals surface area (Å²) >= 11 is 0. The van der Waals surface area contributed by atoms with Crippen LogP contribution in [0.2, 0.25) is 0 Å². The molecule has 1 N–H and O–H groups in total. The largest absolute Gasteiger partial charge is 0.481 e. The highest BCUT2D eigenvalue weighted by Crippen LogP contribution is 2.20. The Bertz CT molecular complexity index is 361. The topological polar surface area (TPSA) is 20.2 Å². The average Bonchev–Trinajstić information content (AvgIpc) is 2.30. The second kappa shape index (κ2) is 5.70. The Hall–Kier alpha value is -0.795. The van der Waals surface area contributed by atoms with Crippen LogP contribution in [0.15, 0.2) is 24.3 Å². The van der Waals surface area contributed by atoms with E-state index < -0.39 is 0 Å². The SMILES string of the molecule is [B][N+]1(Cc2cccc(CCO)c2)CCCCC1. The van der Waals surface area contributed by atoms with Crippen LogP contribution in [0.4, 0.5) is 0 Å². The summed E-state index contributed by atoms with van der Waals surface area (Å²) in [6.07, 6.45) is 4.54. The number of hydrogen-bond donors (Lipinski definition) is 1. The van der Waals surface area contributed by atoms with Gasteiger partial charge in [0, 0.05) is 12.2 Å². The van der Waals surface area contributed by atoms with Gasteiger partial charge in [0.25, 0.3) is 0 Å². The molecule has 0 saturated carbocycles. The van der Waals surface area contributed by atoms with Gasteiger partial charge in [-0.25, -0.2) is 0 Å². The third kappa shape index (κ3) is 3.58. The fraction of sp³-hybridized carbons (Fsp3) is 0.571. The number of aliphatic hydroxyl groups excluding tert-OH is 1. The Morgan fingerprint density at radius 1 is 1.12 bits per heavy atom. The molecule has 1 aromatic carbocycles. The third-order valence-corrected chi connectivity index (χ3v) is 3.60. The lowest BCUT2D eigenvalue weighted by Crippen LogP contribution is -2.48. The van der Waals surface area contributed by atoms with Gasteiger partial charge in [0.2, 0.25) is 0 Å². The van der Waals surface area contributed by atoms with Gasteiger partial charge in [-0.1, -0.05) is 24.3 Å². The van der Waals surface area contributed by atoms with E-state index in [0.717, 1.165) is 26.1 Å². The van der Waals surface area contributed by atoms with Gasteiger partial charge < -0.3 is 9.50 Å². The molecular formula is C14H21BNO+. The van der Waals surface area contributed by atoms with Crippen molar-refractivity contribution >= 4 is 7.98 Å². The molecule has 1 fully saturated rings. The predicted molar refractivity (Wildman–Crippen MR) is 70.5 cm³/mol. The van der Waals surface area contributed by atoms with Crippen molar-refractivity contribution in [2.75, 3.05) is 19.7 Å². The summed E-state index contributed by atoms with van der Waals surface area (Å²) in [4.78, 5) is 0. The zero-order valence-corrected chi connectivity index (χ0v) is 10.4. The maximum atomic E-state index is 8.95. The van der Waals surface area contributed by atoms with Gasteiger partial charge in [0.15, 0.2) is 0 Å². The molecule has 17 heavy (non-hydrogen) atoms. The molecule has 1 aliphatic heterocycles. The smallest absolute Gasteiger partial charge is 0.396 e. The molecule has 1 aliphatic rings. The molecule has 1 aromatic rings. The van der Waals surface area contributed by atoms with E-state index in [2.05, 4.69) is 24.3 Å². The van der Waals surface area contributed by atoms with E-state index >= 15 is 0 Å². The third-order valence-electron chi connectivity index (χ3n) is 3.60. The minimum Gasteiger partial charge on any atom is -0.396 e. The molecular weight excluding hydrogens is 209 g/mol. The van der Waals surface area contributed by atoms with Crippen LogP contribution in [-0.2, 0) is 13.0 Å². The standard InChI is InChI=1S/C14H21BNO/c15-16(8-2-1-3-9-16)12-14-6-4-5-13(11-14)7-10-17/h4-6,11,17H,1-3,7-10,12H2/q+1. The van der Waals surface area contributed by atoms with Gasteiger partial charge in [0.05, 0.1) is 19.6 Å². The summed E-state index contributed by atoms with van der Waals surface area (Å²) in [7, 11) is 6.40. The summed E-state index contributed by atoms with van der Waals surface area (Å²) in [5, 5.41) is 8.95. The Balaban J connectivity index is 2.04. The molecule has 0 spiro atoms. The van der Waals surface area contributed by atoms with Crippen LogP contribution in [-0.4, -0.2) is 37.2 Å². The lowest BCUT2D eigenvalue weighted by Gasteiger charge is -2.39. The maximum Gasteiger partial charge on any atom is 0.481 e. The van der Waals surface area contributed by atoms with E-state index in [-0.39, 0.29) is 6.61 Å². The fourth-order valence-electron chi connectivity index (χ4n) is 2.68. The van der Waals surface area contributed by atoms with Gasteiger partial charge in [0.1, 0.15) is 0 Å². The average molecular weight is 230 g/mol. The van der Waals surface area contributed by atoms with Crippen molar-refractivity contribution < 1.29 is 9.50 Å².